The van der Waals surface area contributed by atoms with E-state index in [9.17, 15) is 24.3 Å². The zero-order valence-electron chi connectivity index (χ0n) is 21.9. The highest BCUT2D eigenvalue weighted by atomic mass is 16.6. The van der Waals surface area contributed by atoms with Gasteiger partial charge in [0.25, 0.3) is 0 Å². The molecule has 38 heavy (non-hydrogen) atoms. The first-order valence-electron chi connectivity index (χ1n) is 10.8. The molecule has 1 aliphatic carbocycles. The molecule has 0 radical (unpaired) electrons. The number of amidine groups is 2. The summed E-state index contributed by atoms with van der Waals surface area (Å²) in [5, 5.41) is 14.2. The molecule has 0 unspecified atom stereocenters. The zero-order chi connectivity index (χ0) is 28.6. The van der Waals surface area contributed by atoms with E-state index in [0.717, 1.165) is 47.2 Å². The van der Waals surface area contributed by atoms with Gasteiger partial charge in [0.15, 0.2) is 0 Å². The zero-order valence-corrected chi connectivity index (χ0v) is 21.9. The van der Waals surface area contributed by atoms with Crippen LogP contribution in [0.15, 0.2) is 68.1 Å². The van der Waals surface area contributed by atoms with E-state index in [1.807, 2.05) is 17.4 Å². The molecule has 13 nitrogen and oxygen atoms in total. The van der Waals surface area contributed by atoms with Crippen LogP contribution in [0.25, 0.3) is 0 Å². The summed E-state index contributed by atoms with van der Waals surface area (Å²) in [6.07, 6.45) is 0. The Hall–Kier alpha value is -4.78. The van der Waals surface area contributed by atoms with Gasteiger partial charge in [0.2, 0.25) is 11.7 Å². The lowest BCUT2D eigenvalue weighted by atomic mass is 10.0. The quantitative estimate of drug-likeness (QED) is 0.269. The Bertz CT molecular complexity index is 1230. The minimum atomic E-state index is -1.17. The first kappa shape index (κ1) is 29.5. The highest BCUT2D eigenvalue weighted by molar-refractivity contribution is 6.23. The first-order chi connectivity index (χ1) is 18.2. The lowest BCUT2D eigenvalue weighted by Gasteiger charge is -2.16. The van der Waals surface area contributed by atoms with Gasteiger partial charge < -0.3 is 28.8 Å². The van der Waals surface area contributed by atoms with Crippen molar-refractivity contribution in [2.45, 2.75) is 0 Å². The third-order valence-electron chi connectivity index (χ3n) is 5.43. The number of nitrogens with zero attached hydrogens (tertiary/aromatic N) is 2. The molecule has 202 valence electrons. The number of carbonyl (C=O) groups is 4. The molecule has 0 aromatic heterocycles. The van der Waals surface area contributed by atoms with Gasteiger partial charge in [0.05, 0.1) is 67.8 Å². The third kappa shape index (κ3) is 5.47. The number of quaternary nitrogens is 1. The average molecular weight is 530 g/mol. The number of fused-ring (bicyclic) bond motifs is 1. The van der Waals surface area contributed by atoms with Crippen molar-refractivity contribution in [2.75, 3.05) is 49.6 Å². The molecule has 0 atom stereocenters. The van der Waals surface area contributed by atoms with Crippen molar-refractivity contribution < 1.29 is 53.3 Å². The Morgan fingerprint density at radius 2 is 0.974 bits per heavy atom. The van der Waals surface area contributed by atoms with Crippen molar-refractivity contribution >= 4 is 35.5 Å². The van der Waals surface area contributed by atoms with Crippen molar-refractivity contribution in [1.82, 2.24) is 0 Å². The van der Waals surface area contributed by atoms with Gasteiger partial charge in [-0.1, -0.05) is 12.1 Å². The van der Waals surface area contributed by atoms with Crippen LogP contribution in [0.2, 0.25) is 0 Å². The lowest BCUT2D eigenvalue weighted by molar-refractivity contribution is -0.401. The van der Waals surface area contributed by atoms with E-state index in [4.69, 9.17) is 0 Å². The second kappa shape index (κ2) is 13.0. The van der Waals surface area contributed by atoms with E-state index in [1.165, 1.54) is 11.1 Å². The fourth-order valence-electron chi connectivity index (χ4n) is 3.74. The van der Waals surface area contributed by atoms with E-state index in [2.05, 4.69) is 45.8 Å². The Balaban J connectivity index is 0.000000323. The molecule has 1 aliphatic heterocycles. The van der Waals surface area contributed by atoms with Crippen molar-refractivity contribution in [3.63, 3.8) is 0 Å². The summed E-state index contributed by atoms with van der Waals surface area (Å²) in [4.78, 5) is 57.0. The molecular formula is C25H27N3O10. The number of nitrogens with two attached hydrogens (primary N) is 1. The molecule has 2 N–H and O–H groups in total. The standard InChI is InChI=1S/C15H16O10.C10H11N3/c1-21-11(16)6-7(12(17)22-2)9(14(19)24-4)10(15(20)25-5)8(6)13(18)23-3;1-11-9-7-5-3-4-6-8(7)10(12-2)13-9/h16H,1-5H3;3-6H,1-2H3,(H,11,12,13). The smallest absolute Gasteiger partial charge is 0.339 e. The van der Waals surface area contributed by atoms with Gasteiger partial charge in [-0.25, -0.2) is 34.5 Å². The summed E-state index contributed by atoms with van der Waals surface area (Å²) in [5.74, 6) is -3.78. The van der Waals surface area contributed by atoms with Crippen molar-refractivity contribution in [3.8, 4) is 0 Å². The maximum atomic E-state index is 12.1. The first-order valence-corrected chi connectivity index (χ1v) is 10.8. The molecule has 0 bridgehead atoms. The summed E-state index contributed by atoms with van der Waals surface area (Å²) in [6, 6.07) is 8.20. The van der Waals surface area contributed by atoms with Gasteiger partial charge in [-0.2, -0.15) is 0 Å². The van der Waals surface area contributed by atoms with Crippen molar-refractivity contribution in [2.24, 2.45) is 9.98 Å². The fraction of sp³-hybridized carbons (Fsp3) is 0.280. The Morgan fingerprint density at radius 3 is 1.26 bits per heavy atom. The van der Waals surface area contributed by atoms with Gasteiger partial charge in [0, 0.05) is 19.7 Å². The largest absolute Gasteiger partial charge is 0.616 e. The van der Waals surface area contributed by atoms with Gasteiger partial charge in [-0.3, -0.25) is 0 Å². The van der Waals surface area contributed by atoms with Crippen LogP contribution < -0.4 is 10.4 Å². The highest BCUT2D eigenvalue weighted by Gasteiger charge is 2.45. The van der Waals surface area contributed by atoms with Crippen LogP contribution in [0.5, 0.6) is 0 Å². The van der Waals surface area contributed by atoms with E-state index < -0.39 is 57.7 Å². The summed E-state index contributed by atoms with van der Waals surface area (Å²) < 4.78 is 22.7. The number of ether oxygens (including phenoxy) is 5. The molecule has 13 heteroatoms. The Kier molecular flexibility index (Phi) is 10.0. The molecule has 0 amide bonds. The number of esters is 4. The maximum absolute atomic E-state index is 12.1. The summed E-state index contributed by atoms with van der Waals surface area (Å²) in [6.45, 7) is 0. The second-order valence-corrected chi connectivity index (χ2v) is 7.24. The summed E-state index contributed by atoms with van der Waals surface area (Å²) >= 11 is 0. The topological polar surface area (TPSA) is 179 Å². The monoisotopic (exact) mass is 529 g/mol. The van der Waals surface area contributed by atoms with Gasteiger partial charge in [-0.05, 0) is 19.2 Å². The van der Waals surface area contributed by atoms with Crippen LogP contribution in [-0.2, 0) is 42.9 Å². The molecule has 0 saturated carbocycles. The van der Waals surface area contributed by atoms with E-state index >= 15 is 0 Å². The minimum absolute atomic E-state index is 0.665. The minimum Gasteiger partial charge on any atom is -0.616 e. The number of aliphatic imine (C=N–C) groups is 2. The molecule has 2 aliphatic rings. The fourth-order valence-corrected chi connectivity index (χ4v) is 3.74. The SMILES string of the molecule is CN=C1[NH2+]C(=NC)c2ccccc21.COC(=O)C1=C(C(=O)OC)C(C(=O)OC)=C(C(=O)OC)C1=C([O-])OC. The molecule has 1 heterocycles. The van der Waals surface area contributed by atoms with Crippen LogP contribution >= 0.6 is 0 Å². The number of hydrogen-bond donors (Lipinski definition) is 1. The molecule has 0 saturated heterocycles. The van der Waals surface area contributed by atoms with Crippen LogP contribution in [-0.4, -0.2) is 85.2 Å². The Morgan fingerprint density at radius 1 is 0.632 bits per heavy atom. The van der Waals surface area contributed by atoms with E-state index in [0.29, 0.717) is 0 Å². The van der Waals surface area contributed by atoms with Gasteiger partial charge >= 0.3 is 23.9 Å². The van der Waals surface area contributed by atoms with Crippen molar-refractivity contribution in [3.05, 3.63) is 69.2 Å². The number of carbonyl (C=O) groups excluding carboxylic acids is 4. The molecule has 3 rings (SSSR count). The number of hydrogen-bond acceptors (Lipinski definition) is 12. The van der Waals surface area contributed by atoms with Crippen LogP contribution in [0.1, 0.15) is 11.1 Å². The number of benzene rings is 1. The number of rotatable bonds is 5. The molecular weight excluding hydrogens is 502 g/mol. The van der Waals surface area contributed by atoms with Gasteiger partial charge in [0.1, 0.15) is 0 Å². The lowest BCUT2D eigenvalue weighted by Crippen LogP contribution is -2.88. The van der Waals surface area contributed by atoms with E-state index in [-0.39, 0.29) is 0 Å². The summed E-state index contributed by atoms with van der Waals surface area (Å²) in [5.41, 5.74) is -0.953. The predicted molar refractivity (Wildman–Crippen MR) is 129 cm³/mol. The molecule has 0 fully saturated rings. The average Bonchev–Trinajstić information content (AvgIpc) is 3.51. The third-order valence-corrected chi connectivity index (χ3v) is 5.43. The molecule has 1 aromatic carbocycles. The molecule has 0 spiro atoms. The van der Waals surface area contributed by atoms with Crippen LogP contribution in [0.3, 0.4) is 0 Å². The van der Waals surface area contributed by atoms with E-state index in [1.54, 1.807) is 14.1 Å². The van der Waals surface area contributed by atoms with Gasteiger partial charge in [-0.15, -0.1) is 0 Å². The Labute approximate surface area is 218 Å². The van der Waals surface area contributed by atoms with Crippen LogP contribution in [0.4, 0.5) is 0 Å². The summed E-state index contributed by atoms with van der Waals surface area (Å²) in [7, 11) is 8.51. The molecule has 1 aromatic rings. The predicted octanol–water partition coefficient (Wildman–Crippen LogP) is -1.48. The number of methoxy groups -OCH3 is 5. The highest BCUT2D eigenvalue weighted by Crippen LogP contribution is 2.40. The van der Waals surface area contributed by atoms with Crippen molar-refractivity contribution in [1.29, 1.82) is 0 Å². The maximum Gasteiger partial charge on any atom is 0.339 e. The normalized spacial score (nSPS) is 16.0. The van der Waals surface area contributed by atoms with Crippen LogP contribution in [0, 0.1) is 0 Å². The second-order valence-electron chi connectivity index (χ2n) is 7.24.